The average molecular weight is 282 g/mol. The largest absolute Gasteiger partial charge is 0.481 e. The van der Waals surface area contributed by atoms with Gasteiger partial charge in [0, 0.05) is 5.57 Å². The number of carboxylic acid groups (broad SMARTS) is 2. The molecule has 0 saturated carbocycles. The lowest BCUT2D eigenvalue weighted by Gasteiger charge is -2.03. The Morgan fingerprint density at radius 1 is 0.857 bits per heavy atom. The number of carboxylic acids is 2. The summed E-state index contributed by atoms with van der Waals surface area (Å²) in [6.07, 6.45) is 0.876. The van der Waals surface area contributed by atoms with Gasteiger partial charge in [-0.25, -0.2) is 4.79 Å². The molecule has 2 aromatic rings. The lowest BCUT2D eigenvalue weighted by molar-refractivity contribution is -0.139. The molecule has 0 heterocycles. The molecule has 2 N–H and O–H groups in total. The number of rotatable bonds is 5. The Kier molecular flexibility index (Phi) is 4.51. The summed E-state index contributed by atoms with van der Waals surface area (Å²) in [6, 6.07) is 17.1. The third kappa shape index (κ3) is 4.04. The van der Waals surface area contributed by atoms with Crippen molar-refractivity contribution in [3.8, 4) is 11.1 Å². The van der Waals surface area contributed by atoms with Gasteiger partial charge in [0.2, 0.25) is 0 Å². The molecule has 2 aromatic carbocycles. The zero-order valence-electron chi connectivity index (χ0n) is 11.2. The zero-order chi connectivity index (χ0) is 15.2. The van der Waals surface area contributed by atoms with Crippen LogP contribution in [0.1, 0.15) is 12.0 Å². The fourth-order valence-electron chi connectivity index (χ4n) is 1.95. The van der Waals surface area contributed by atoms with Gasteiger partial charge in [-0.15, -0.1) is 0 Å². The summed E-state index contributed by atoms with van der Waals surface area (Å²) in [5.41, 5.74) is 2.60. The van der Waals surface area contributed by atoms with Gasteiger partial charge in [0.1, 0.15) is 0 Å². The van der Waals surface area contributed by atoms with E-state index in [1.165, 1.54) is 6.08 Å². The summed E-state index contributed by atoms with van der Waals surface area (Å²) in [5, 5.41) is 17.7. The maximum Gasteiger partial charge on any atom is 0.332 e. The highest BCUT2D eigenvalue weighted by Gasteiger charge is 2.11. The van der Waals surface area contributed by atoms with Crippen LogP contribution in [0.25, 0.3) is 17.2 Å². The molecule has 4 heteroatoms. The number of carbonyl (C=O) groups is 2. The van der Waals surface area contributed by atoms with Crippen LogP contribution in [-0.2, 0) is 9.59 Å². The third-order valence-electron chi connectivity index (χ3n) is 2.98. The van der Waals surface area contributed by atoms with Gasteiger partial charge in [-0.1, -0.05) is 54.6 Å². The Morgan fingerprint density at radius 3 is 1.95 bits per heavy atom. The molecule has 0 unspecified atom stereocenters. The van der Waals surface area contributed by atoms with Crippen molar-refractivity contribution in [1.82, 2.24) is 0 Å². The molecule has 0 saturated heterocycles. The van der Waals surface area contributed by atoms with Crippen LogP contribution in [0, 0.1) is 0 Å². The van der Waals surface area contributed by atoms with Crippen LogP contribution >= 0.6 is 0 Å². The summed E-state index contributed by atoms with van der Waals surface area (Å²) < 4.78 is 0. The van der Waals surface area contributed by atoms with Crippen LogP contribution in [0.15, 0.2) is 60.2 Å². The van der Waals surface area contributed by atoms with E-state index >= 15 is 0 Å². The maximum atomic E-state index is 11.0. The van der Waals surface area contributed by atoms with Gasteiger partial charge < -0.3 is 10.2 Å². The highest BCUT2D eigenvalue weighted by Crippen LogP contribution is 2.20. The van der Waals surface area contributed by atoms with E-state index in [0.29, 0.717) is 5.56 Å². The Morgan fingerprint density at radius 2 is 1.43 bits per heavy atom. The van der Waals surface area contributed by atoms with Crippen molar-refractivity contribution in [3.63, 3.8) is 0 Å². The lowest BCUT2D eigenvalue weighted by Crippen LogP contribution is -2.06. The van der Waals surface area contributed by atoms with Crippen LogP contribution < -0.4 is 0 Å². The summed E-state index contributed by atoms with van der Waals surface area (Å²) in [6.45, 7) is 0. The molecule has 0 aromatic heterocycles. The van der Waals surface area contributed by atoms with Crippen LogP contribution in [0.3, 0.4) is 0 Å². The van der Waals surface area contributed by atoms with E-state index in [-0.39, 0.29) is 5.57 Å². The van der Waals surface area contributed by atoms with Gasteiger partial charge >= 0.3 is 11.9 Å². The van der Waals surface area contributed by atoms with Crippen molar-refractivity contribution in [1.29, 1.82) is 0 Å². The molecular weight excluding hydrogens is 268 g/mol. The fraction of sp³-hybridized carbons (Fsp3) is 0.0588. The standard InChI is InChI=1S/C17H14O4/c18-16(19)11-15(17(20)21)10-12-6-8-14(9-7-12)13-4-2-1-3-5-13/h1-10H,11H2,(H,18,19)(H,20,21). The van der Waals surface area contributed by atoms with Crippen molar-refractivity contribution in [2.45, 2.75) is 6.42 Å². The number of benzene rings is 2. The van der Waals surface area contributed by atoms with Crippen LogP contribution in [0.4, 0.5) is 0 Å². The van der Waals surface area contributed by atoms with Crippen LogP contribution in [-0.4, -0.2) is 22.2 Å². The molecule has 21 heavy (non-hydrogen) atoms. The van der Waals surface area contributed by atoms with Crippen molar-refractivity contribution in [3.05, 3.63) is 65.7 Å². The van der Waals surface area contributed by atoms with Crippen molar-refractivity contribution < 1.29 is 19.8 Å². The zero-order valence-corrected chi connectivity index (χ0v) is 11.2. The molecule has 0 aliphatic heterocycles. The second-order valence-corrected chi connectivity index (χ2v) is 4.53. The minimum atomic E-state index is -1.22. The highest BCUT2D eigenvalue weighted by atomic mass is 16.4. The highest BCUT2D eigenvalue weighted by molar-refractivity contribution is 5.96. The van der Waals surface area contributed by atoms with Crippen molar-refractivity contribution in [2.24, 2.45) is 0 Å². The second-order valence-electron chi connectivity index (χ2n) is 4.53. The van der Waals surface area contributed by atoms with E-state index in [1.54, 1.807) is 12.1 Å². The first-order valence-electron chi connectivity index (χ1n) is 6.37. The van der Waals surface area contributed by atoms with Gasteiger partial charge in [0.25, 0.3) is 0 Å². The minimum Gasteiger partial charge on any atom is -0.481 e. The van der Waals surface area contributed by atoms with E-state index in [0.717, 1.165) is 11.1 Å². The Hall–Kier alpha value is -2.88. The Bertz CT molecular complexity index is 670. The Labute approximate surface area is 122 Å². The van der Waals surface area contributed by atoms with Gasteiger partial charge in [-0.05, 0) is 22.8 Å². The molecule has 106 valence electrons. The first-order chi connectivity index (χ1) is 10.1. The van der Waals surface area contributed by atoms with Crippen molar-refractivity contribution in [2.75, 3.05) is 0 Å². The number of hydrogen-bond acceptors (Lipinski definition) is 2. The molecule has 0 bridgehead atoms. The summed E-state index contributed by atoms with van der Waals surface area (Å²) in [7, 11) is 0. The predicted octanol–water partition coefficient (Wildman–Crippen LogP) is 3.30. The number of hydrogen-bond donors (Lipinski definition) is 2. The molecule has 4 nitrogen and oxygen atoms in total. The van der Waals surface area contributed by atoms with E-state index in [9.17, 15) is 9.59 Å². The maximum absolute atomic E-state index is 11.0. The summed E-state index contributed by atoms with van der Waals surface area (Å²) in [5.74, 6) is -2.38. The van der Waals surface area contributed by atoms with Gasteiger partial charge in [-0.3, -0.25) is 4.79 Å². The average Bonchev–Trinajstić information content (AvgIpc) is 2.48. The normalized spacial score (nSPS) is 11.1. The lowest BCUT2D eigenvalue weighted by atomic mass is 10.0. The molecule has 0 fully saturated rings. The van der Waals surface area contributed by atoms with E-state index < -0.39 is 18.4 Å². The van der Waals surface area contributed by atoms with Crippen molar-refractivity contribution >= 4 is 18.0 Å². The van der Waals surface area contributed by atoms with Crippen LogP contribution in [0.5, 0.6) is 0 Å². The van der Waals surface area contributed by atoms with E-state index in [4.69, 9.17) is 10.2 Å². The van der Waals surface area contributed by atoms with Gasteiger partial charge in [0.15, 0.2) is 0 Å². The molecule has 0 aliphatic rings. The monoisotopic (exact) mass is 282 g/mol. The van der Waals surface area contributed by atoms with Gasteiger partial charge in [0.05, 0.1) is 6.42 Å². The molecule has 2 rings (SSSR count). The Balaban J connectivity index is 2.26. The second kappa shape index (κ2) is 6.52. The molecule has 0 amide bonds. The van der Waals surface area contributed by atoms with Crippen LogP contribution in [0.2, 0.25) is 0 Å². The molecule has 0 aliphatic carbocycles. The van der Waals surface area contributed by atoms with Gasteiger partial charge in [-0.2, -0.15) is 0 Å². The molecule has 0 radical (unpaired) electrons. The first kappa shape index (κ1) is 14.5. The molecular formula is C17H14O4. The van der Waals surface area contributed by atoms with E-state index in [2.05, 4.69) is 0 Å². The SMILES string of the molecule is O=C(O)CC(=Cc1ccc(-c2ccccc2)cc1)C(=O)O. The number of aliphatic carboxylic acids is 2. The topological polar surface area (TPSA) is 74.6 Å². The predicted molar refractivity (Wildman–Crippen MR) is 79.7 cm³/mol. The summed E-state index contributed by atoms with van der Waals surface area (Å²) in [4.78, 5) is 21.6. The smallest absolute Gasteiger partial charge is 0.332 e. The minimum absolute atomic E-state index is 0.144. The quantitative estimate of drug-likeness (QED) is 0.825. The van der Waals surface area contributed by atoms with E-state index in [1.807, 2.05) is 42.5 Å². The third-order valence-corrected chi connectivity index (χ3v) is 2.98. The summed E-state index contributed by atoms with van der Waals surface area (Å²) >= 11 is 0. The fourth-order valence-corrected chi connectivity index (χ4v) is 1.95. The molecule has 0 atom stereocenters. The first-order valence-corrected chi connectivity index (χ1v) is 6.37. The molecule has 0 spiro atoms.